The van der Waals surface area contributed by atoms with E-state index < -0.39 is 8.07 Å². The fourth-order valence-electron chi connectivity index (χ4n) is 4.54. The minimum absolute atomic E-state index is 0. The van der Waals surface area contributed by atoms with E-state index in [4.69, 9.17) is 0 Å². The second-order valence-electron chi connectivity index (χ2n) is 8.00. The van der Waals surface area contributed by atoms with Crippen LogP contribution >= 0.6 is 37.2 Å². The molecule has 0 heterocycles. The Morgan fingerprint density at radius 3 is 1.28 bits per heavy atom. The molecule has 0 bridgehead atoms. The summed E-state index contributed by atoms with van der Waals surface area (Å²) in [6.45, 7) is 8.86. The summed E-state index contributed by atoms with van der Waals surface area (Å²) in [4.78, 5) is 0. The molecule has 0 spiro atoms. The summed E-state index contributed by atoms with van der Waals surface area (Å²) >= 11 is 0. The molecule has 0 unspecified atom stereocenters. The van der Waals surface area contributed by atoms with Gasteiger partial charge in [-0.05, 0) is 36.3 Å². The van der Waals surface area contributed by atoms with Crippen LogP contribution < -0.4 is 15.6 Å². The first-order chi connectivity index (χ1) is 13.5. The molecule has 3 aromatic carbocycles. The molecule has 1 aliphatic carbocycles. The molecule has 5 heteroatoms. The number of aryl methyl sites for hydroxylation is 3. The van der Waals surface area contributed by atoms with Crippen LogP contribution in [0.15, 0.2) is 89.6 Å². The summed E-state index contributed by atoms with van der Waals surface area (Å²) in [5, 5.41) is 5.76. The van der Waals surface area contributed by atoms with Gasteiger partial charge < -0.3 is 0 Å². The van der Waals surface area contributed by atoms with Gasteiger partial charge in [-0.2, -0.15) is 6.08 Å². The fraction of sp³-hybridized carbons (Fsp3) is 0.185. The predicted molar refractivity (Wildman–Crippen MR) is 145 cm³/mol. The Morgan fingerprint density at radius 1 is 0.625 bits per heavy atom. The third kappa shape index (κ3) is 5.70. The van der Waals surface area contributed by atoms with Gasteiger partial charge in [0.15, 0.2) is 0 Å². The summed E-state index contributed by atoms with van der Waals surface area (Å²) in [7, 11) is -2.41. The van der Waals surface area contributed by atoms with E-state index in [2.05, 4.69) is 113 Å². The van der Waals surface area contributed by atoms with E-state index in [9.17, 15) is 0 Å². The number of hydrogen-bond acceptors (Lipinski definition) is 0. The average molecular weight is 537 g/mol. The molecule has 4 rings (SSSR count). The zero-order valence-electron chi connectivity index (χ0n) is 18.9. The normalized spacial score (nSPS) is 12.2. The van der Waals surface area contributed by atoms with Crippen LogP contribution in [-0.4, -0.2) is 8.07 Å². The van der Waals surface area contributed by atoms with E-state index >= 15 is 0 Å². The molecule has 3 aromatic rings. The smallest absolute Gasteiger partial charge is 0.144 e. The van der Waals surface area contributed by atoms with Crippen molar-refractivity contribution in [2.24, 2.45) is 0 Å². The largest absolute Gasteiger partial charge is 0.272 e. The molecule has 0 amide bonds. The van der Waals surface area contributed by atoms with Crippen molar-refractivity contribution in [3.05, 3.63) is 112 Å². The number of allylic oxidation sites excluding steroid dienone is 4. The summed E-state index contributed by atoms with van der Waals surface area (Å²) < 4.78 is 0. The molecule has 0 aromatic heterocycles. The van der Waals surface area contributed by atoms with E-state index in [-0.39, 0.29) is 58.9 Å². The average Bonchev–Trinajstić information content (AvgIpc) is 3.09. The van der Waals surface area contributed by atoms with Crippen LogP contribution in [0.1, 0.15) is 30.0 Å². The Morgan fingerprint density at radius 2 is 1.00 bits per heavy atom. The quantitative estimate of drug-likeness (QED) is 0.219. The van der Waals surface area contributed by atoms with E-state index in [0.717, 1.165) is 6.42 Å². The summed E-state index contributed by atoms with van der Waals surface area (Å²) in [6, 6.07) is 27.5. The summed E-state index contributed by atoms with van der Waals surface area (Å²) in [5.41, 5.74) is 5.33. The van der Waals surface area contributed by atoms with Gasteiger partial charge in [0.2, 0.25) is 0 Å². The maximum atomic E-state index is 3.79. The Balaban J connectivity index is 0.00000240. The first-order valence-corrected chi connectivity index (χ1v) is 12.0. The Labute approximate surface area is 227 Å². The summed E-state index contributed by atoms with van der Waals surface area (Å²) in [6.07, 6.45) is 7.03. The maximum Gasteiger partial charge on any atom is 0.144 e. The number of rotatable bonds is 4. The molecule has 0 saturated carbocycles. The molecule has 0 radical (unpaired) electrons. The van der Waals surface area contributed by atoms with Crippen LogP contribution in [0, 0.1) is 26.8 Å². The maximum absolute atomic E-state index is 3.79. The third-order valence-electron chi connectivity index (χ3n) is 5.81. The van der Waals surface area contributed by atoms with Crippen LogP contribution in [-0.2, 0) is 21.7 Å². The number of halogens is 3. The molecule has 0 atom stereocenters. The topological polar surface area (TPSA) is 0 Å². The van der Waals surface area contributed by atoms with E-state index in [0.29, 0.717) is 0 Å². The zero-order chi connectivity index (χ0) is 19.7. The van der Waals surface area contributed by atoms with Crippen LogP contribution in [0.25, 0.3) is 0 Å². The minimum atomic E-state index is -2.41. The molecule has 168 valence electrons. The van der Waals surface area contributed by atoms with Gasteiger partial charge >= 0.3 is 0 Å². The van der Waals surface area contributed by atoms with Crippen LogP contribution in [0.5, 0.6) is 0 Å². The van der Waals surface area contributed by atoms with Crippen molar-refractivity contribution in [3.8, 4) is 0 Å². The van der Waals surface area contributed by atoms with Gasteiger partial charge in [-0.3, -0.25) is 6.08 Å². The predicted octanol–water partition coefficient (Wildman–Crippen LogP) is 5.96. The van der Waals surface area contributed by atoms with Gasteiger partial charge in [0.1, 0.15) is 8.07 Å². The van der Waals surface area contributed by atoms with Crippen molar-refractivity contribution in [1.82, 2.24) is 0 Å². The van der Waals surface area contributed by atoms with Crippen molar-refractivity contribution in [1.29, 1.82) is 0 Å². The van der Waals surface area contributed by atoms with Crippen molar-refractivity contribution in [2.45, 2.75) is 34.1 Å². The summed E-state index contributed by atoms with van der Waals surface area (Å²) in [5.74, 6) is 0. The fourth-order valence-corrected chi connectivity index (χ4v) is 9.84. The van der Waals surface area contributed by atoms with Gasteiger partial charge in [-0.25, -0.2) is 10.8 Å². The van der Waals surface area contributed by atoms with Crippen molar-refractivity contribution in [2.75, 3.05) is 0 Å². The van der Waals surface area contributed by atoms with Gasteiger partial charge in [-0.15, -0.1) is 50.6 Å². The van der Waals surface area contributed by atoms with Crippen molar-refractivity contribution < 1.29 is 21.7 Å². The molecule has 0 fully saturated rings. The standard InChI is InChI=1S/C27H27Si.3ClH.Ti/c1-20-9-5-13-24(17-20)28(27-16-8-12-23(27)4,25-14-6-10-21(2)18-25)26-15-7-11-22(3)19-26;;;;/h5-7,9-15,17-19H,8H2,1-4H3;3*1H;/q-1;;;;. The molecule has 32 heavy (non-hydrogen) atoms. The first-order valence-electron chi connectivity index (χ1n) is 10.0. The van der Waals surface area contributed by atoms with E-state index in [1.54, 1.807) is 0 Å². The van der Waals surface area contributed by atoms with Crippen LogP contribution in [0.3, 0.4) is 0 Å². The van der Waals surface area contributed by atoms with E-state index in [1.165, 1.54) is 43.0 Å². The third-order valence-corrected chi connectivity index (χ3v) is 10.7. The molecule has 0 saturated heterocycles. The molecule has 0 nitrogen and oxygen atoms in total. The first kappa shape index (κ1) is 30.9. The second kappa shape index (κ2) is 13.0. The molecular formula is C27H30Cl3SiTi-. The Hall–Kier alpha value is -1.06. The SMILES string of the molecule is CC1=CC[C-]=C1[Si](c1cccc(C)c1)(c1cccc(C)c1)c1cccc(C)c1.Cl.Cl.Cl.[Ti]. The molecule has 1 aliphatic rings. The minimum Gasteiger partial charge on any atom is -0.272 e. The van der Waals surface area contributed by atoms with Crippen molar-refractivity contribution in [3.63, 3.8) is 0 Å². The molecule has 0 N–H and O–H groups in total. The van der Waals surface area contributed by atoms with Gasteiger partial charge in [0, 0.05) is 21.7 Å². The Kier molecular flexibility index (Phi) is 12.6. The number of hydrogen-bond donors (Lipinski definition) is 0. The van der Waals surface area contributed by atoms with Gasteiger partial charge in [-0.1, -0.05) is 89.5 Å². The second-order valence-corrected chi connectivity index (χ2v) is 11.7. The zero-order valence-corrected chi connectivity index (χ0v) is 23.9. The number of benzene rings is 3. The van der Waals surface area contributed by atoms with Gasteiger partial charge in [0.25, 0.3) is 0 Å². The van der Waals surface area contributed by atoms with E-state index in [1.807, 2.05) is 0 Å². The van der Waals surface area contributed by atoms with Crippen LogP contribution in [0.2, 0.25) is 0 Å². The monoisotopic (exact) mass is 535 g/mol. The Bertz CT molecular complexity index is 994. The van der Waals surface area contributed by atoms with Crippen molar-refractivity contribution >= 4 is 60.9 Å². The molecule has 0 aliphatic heterocycles. The van der Waals surface area contributed by atoms with Gasteiger partial charge in [0.05, 0.1) is 0 Å². The molecular weight excluding hydrogens is 507 g/mol. The van der Waals surface area contributed by atoms with Crippen LogP contribution in [0.4, 0.5) is 0 Å².